The fourth-order valence-corrected chi connectivity index (χ4v) is 4.54. The van der Waals surface area contributed by atoms with Gasteiger partial charge in [0.2, 0.25) is 5.91 Å². The first-order chi connectivity index (χ1) is 16.3. The van der Waals surface area contributed by atoms with E-state index in [-0.39, 0.29) is 11.5 Å². The van der Waals surface area contributed by atoms with Gasteiger partial charge in [-0.25, -0.2) is 14.4 Å². The monoisotopic (exact) mass is 488 g/mol. The largest absolute Gasteiger partial charge is 0.416 e. The predicted molar refractivity (Wildman–Crippen MR) is 123 cm³/mol. The number of amides is 1. The highest BCUT2D eigenvalue weighted by molar-refractivity contribution is 7.98. The Balaban J connectivity index is 1.65. The molecule has 0 aliphatic heterocycles. The van der Waals surface area contributed by atoms with E-state index in [2.05, 4.69) is 15.3 Å². The van der Waals surface area contributed by atoms with Crippen LogP contribution in [0.15, 0.2) is 72.0 Å². The van der Waals surface area contributed by atoms with Crippen LogP contribution in [0, 0.1) is 5.82 Å². The standard InChI is InChI=1S/C24H20F4N4OS/c1-2-20(22(33)30-18-9-4-7-16(13-18)24(26,27)28)32-21-19(10-5-11-29-21)31-23(32)34-14-15-6-3-8-17(25)12-15/h3-13,20H,2,14H2,1H3,(H,30,33)/t20-/m0/s1. The van der Waals surface area contributed by atoms with E-state index < -0.39 is 23.7 Å². The molecule has 176 valence electrons. The smallest absolute Gasteiger partial charge is 0.324 e. The number of nitrogens with one attached hydrogen (secondary N) is 1. The number of thioether (sulfide) groups is 1. The van der Waals surface area contributed by atoms with Gasteiger partial charge in [0.25, 0.3) is 0 Å². The predicted octanol–water partition coefficient (Wildman–Crippen LogP) is 6.47. The summed E-state index contributed by atoms with van der Waals surface area (Å²) in [6.45, 7) is 1.80. The molecule has 34 heavy (non-hydrogen) atoms. The quantitative estimate of drug-likeness (QED) is 0.239. The topological polar surface area (TPSA) is 59.8 Å². The van der Waals surface area contributed by atoms with Crippen molar-refractivity contribution < 1.29 is 22.4 Å². The zero-order valence-electron chi connectivity index (χ0n) is 18.0. The number of benzene rings is 2. The molecule has 4 aromatic rings. The second kappa shape index (κ2) is 9.84. The highest BCUT2D eigenvalue weighted by Crippen LogP contribution is 2.33. The Kier molecular flexibility index (Phi) is 6.87. The van der Waals surface area contributed by atoms with Crippen molar-refractivity contribution in [2.24, 2.45) is 0 Å². The molecule has 0 aliphatic rings. The van der Waals surface area contributed by atoms with Crippen LogP contribution in [0.2, 0.25) is 0 Å². The average molecular weight is 489 g/mol. The minimum atomic E-state index is -4.52. The van der Waals surface area contributed by atoms with Gasteiger partial charge in [0, 0.05) is 17.6 Å². The molecule has 4 rings (SSSR count). The highest BCUT2D eigenvalue weighted by atomic mass is 32.2. The summed E-state index contributed by atoms with van der Waals surface area (Å²) < 4.78 is 54.5. The lowest BCUT2D eigenvalue weighted by Gasteiger charge is -2.20. The van der Waals surface area contributed by atoms with Crippen molar-refractivity contribution in [3.05, 3.63) is 83.8 Å². The second-order valence-corrected chi connectivity index (χ2v) is 8.46. The van der Waals surface area contributed by atoms with Gasteiger partial charge in [0.15, 0.2) is 10.8 Å². The molecule has 0 saturated carbocycles. The lowest BCUT2D eigenvalue weighted by Crippen LogP contribution is -2.26. The number of fused-ring (bicyclic) bond motifs is 1. The maximum absolute atomic E-state index is 13.6. The Labute approximate surface area is 197 Å². The molecule has 0 saturated heterocycles. The van der Waals surface area contributed by atoms with Gasteiger partial charge in [-0.2, -0.15) is 13.2 Å². The summed E-state index contributed by atoms with van der Waals surface area (Å²) in [7, 11) is 0. The molecule has 0 radical (unpaired) electrons. The molecule has 0 fully saturated rings. The number of halogens is 4. The van der Waals surface area contributed by atoms with E-state index in [9.17, 15) is 22.4 Å². The first-order valence-electron chi connectivity index (χ1n) is 10.4. The molecule has 1 N–H and O–H groups in total. The number of alkyl halides is 3. The van der Waals surface area contributed by atoms with Crippen LogP contribution >= 0.6 is 11.8 Å². The SMILES string of the molecule is CC[C@@H](C(=O)Nc1cccc(C(F)(F)F)c1)n1c(SCc2cccc(F)c2)nc2cccnc21. The molecule has 10 heteroatoms. The summed E-state index contributed by atoms with van der Waals surface area (Å²) in [6.07, 6.45) is -2.59. The normalized spacial score (nSPS) is 12.6. The number of imidazole rings is 1. The molecular formula is C24H20F4N4OS. The van der Waals surface area contributed by atoms with Crippen LogP contribution < -0.4 is 5.32 Å². The van der Waals surface area contributed by atoms with Crippen LogP contribution in [0.1, 0.15) is 30.5 Å². The maximum Gasteiger partial charge on any atom is 0.416 e. The Morgan fingerprint density at radius 3 is 2.65 bits per heavy atom. The van der Waals surface area contributed by atoms with Gasteiger partial charge in [-0.05, 0) is 54.4 Å². The number of carbonyl (C=O) groups excluding carboxylic acids is 1. The van der Waals surface area contributed by atoms with Gasteiger partial charge >= 0.3 is 6.18 Å². The molecule has 1 amide bonds. The molecule has 2 aromatic heterocycles. The van der Waals surface area contributed by atoms with Crippen molar-refractivity contribution in [1.29, 1.82) is 0 Å². The molecule has 2 aromatic carbocycles. The number of hydrogen-bond donors (Lipinski definition) is 1. The number of hydrogen-bond acceptors (Lipinski definition) is 4. The summed E-state index contributed by atoms with van der Waals surface area (Å²) in [5.41, 5.74) is 1.01. The van der Waals surface area contributed by atoms with E-state index in [1.807, 2.05) is 0 Å². The number of rotatable bonds is 7. The third kappa shape index (κ3) is 5.22. The molecule has 5 nitrogen and oxygen atoms in total. The van der Waals surface area contributed by atoms with Crippen LogP contribution in [-0.4, -0.2) is 20.4 Å². The first kappa shape index (κ1) is 23.7. The van der Waals surface area contributed by atoms with Crippen LogP contribution in [0.4, 0.5) is 23.2 Å². The van der Waals surface area contributed by atoms with E-state index in [1.165, 1.54) is 36.0 Å². The van der Waals surface area contributed by atoms with Crippen molar-refractivity contribution in [2.75, 3.05) is 5.32 Å². The summed E-state index contributed by atoms with van der Waals surface area (Å²) >= 11 is 1.32. The third-order valence-electron chi connectivity index (χ3n) is 5.13. The van der Waals surface area contributed by atoms with Crippen molar-refractivity contribution in [2.45, 2.75) is 36.5 Å². The van der Waals surface area contributed by atoms with Crippen LogP contribution in [0.3, 0.4) is 0 Å². The minimum absolute atomic E-state index is 0.0459. The van der Waals surface area contributed by atoms with Crippen LogP contribution in [0.5, 0.6) is 0 Å². The van der Waals surface area contributed by atoms with Crippen molar-refractivity contribution in [1.82, 2.24) is 14.5 Å². The van der Waals surface area contributed by atoms with Crippen molar-refractivity contribution in [3.63, 3.8) is 0 Å². The van der Waals surface area contributed by atoms with Gasteiger partial charge < -0.3 is 5.32 Å². The fraction of sp³-hybridized carbons (Fsp3) is 0.208. The summed E-state index contributed by atoms with van der Waals surface area (Å²) in [5.74, 6) is -0.424. The summed E-state index contributed by atoms with van der Waals surface area (Å²) in [6, 6.07) is 13.4. The Bertz CT molecular complexity index is 1320. The van der Waals surface area contributed by atoms with E-state index in [0.717, 1.165) is 17.7 Å². The Morgan fingerprint density at radius 1 is 1.12 bits per heavy atom. The van der Waals surface area contributed by atoms with Crippen molar-refractivity contribution in [3.8, 4) is 0 Å². The fourth-order valence-electron chi connectivity index (χ4n) is 3.55. The van der Waals surface area contributed by atoms with Crippen LogP contribution in [-0.2, 0) is 16.7 Å². The van der Waals surface area contributed by atoms with E-state index >= 15 is 0 Å². The molecular weight excluding hydrogens is 468 g/mol. The third-order valence-corrected chi connectivity index (χ3v) is 6.16. The van der Waals surface area contributed by atoms with Gasteiger partial charge in [-0.1, -0.05) is 36.9 Å². The second-order valence-electron chi connectivity index (χ2n) is 7.52. The molecule has 0 aliphatic carbocycles. The maximum atomic E-state index is 13.6. The Morgan fingerprint density at radius 2 is 1.91 bits per heavy atom. The zero-order chi connectivity index (χ0) is 24.3. The van der Waals surface area contributed by atoms with Gasteiger partial charge in [-0.15, -0.1) is 0 Å². The highest BCUT2D eigenvalue weighted by Gasteiger charge is 2.31. The summed E-state index contributed by atoms with van der Waals surface area (Å²) in [4.78, 5) is 22.2. The lowest BCUT2D eigenvalue weighted by molar-refractivity contribution is -0.137. The van der Waals surface area contributed by atoms with Crippen molar-refractivity contribution >= 4 is 34.5 Å². The van der Waals surface area contributed by atoms with Crippen LogP contribution in [0.25, 0.3) is 11.2 Å². The molecule has 1 atom stereocenters. The number of pyridine rings is 1. The number of carbonyl (C=O) groups is 1. The lowest BCUT2D eigenvalue weighted by atomic mass is 10.1. The summed E-state index contributed by atoms with van der Waals surface area (Å²) in [5, 5.41) is 3.10. The number of nitrogens with zero attached hydrogens (tertiary/aromatic N) is 3. The van der Waals surface area contributed by atoms with E-state index in [4.69, 9.17) is 0 Å². The number of aromatic nitrogens is 3. The first-order valence-corrected chi connectivity index (χ1v) is 11.4. The van der Waals surface area contributed by atoms with Gasteiger partial charge in [-0.3, -0.25) is 9.36 Å². The molecule has 2 heterocycles. The van der Waals surface area contributed by atoms with Gasteiger partial charge in [0.1, 0.15) is 17.4 Å². The number of anilines is 1. The van der Waals surface area contributed by atoms with Gasteiger partial charge in [0.05, 0.1) is 5.56 Å². The molecule has 0 bridgehead atoms. The molecule has 0 unspecified atom stereocenters. The van der Waals surface area contributed by atoms with E-state index in [1.54, 1.807) is 42.0 Å². The average Bonchev–Trinajstić information content (AvgIpc) is 3.16. The molecule has 0 spiro atoms. The van der Waals surface area contributed by atoms with E-state index in [0.29, 0.717) is 28.5 Å². The zero-order valence-corrected chi connectivity index (χ0v) is 18.8. The minimum Gasteiger partial charge on any atom is -0.324 e. The Hall–Kier alpha value is -3.40.